The van der Waals surface area contributed by atoms with Crippen LogP contribution in [0.25, 0.3) is 5.76 Å². The van der Waals surface area contributed by atoms with E-state index in [1.165, 1.54) is 4.90 Å². The Labute approximate surface area is 222 Å². The average Bonchev–Trinajstić information content (AvgIpc) is 3.13. The Kier molecular flexibility index (Phi) is 6.61. The summed E-state index contributed by atoms with van der Waals surface area (Å²) in [6.07, 6.45) is 0. The van der Waals surface area contributed by atoms with Gasteiger partial charge in [-0.2, -0.15) is 0 Å². The second kappa shape index (κ2) is 9.89. The van der Waals surface area contributed by atoms with Gasteiger partial charge in [-0.1, -0.05) is 48.0 Å². The third-order valence-electron chi connectivity index (χ3n) is 6.44. The van der Waals surface area contributed by atoms with Gasteiger partial charge < -0.3 is 24.2 Å². The molecule has 2 heterocycles. The highest BCUT2D eigenvalue weighted by Gasteiger charge is 2.46. The maximum Gasteiger partial charge on any atom is 0.295 e. The van der Waals surface area contributed by atoms with E-state index in [0.29, 0.717) is 36.0 Å². The van der Waals surface area contributed by atoms with Crippen molar-refractivity contribution in [3.63, 3.8) is 0 Å². The fourth-order valence-corrected chi connectivity index (χ4v) is 4.82. The number of rotatable bonds is 5. The predicted molar refractivity (Wildman–Crippen MR) is 143 cm³/mol. The maximum absolute atomic E-state index is 13.5. The second-order valence-corrected chi connectivity index (χ2v) is 10.5. The summed E-state index contributed by atoms with van der Waals surface area (Å²) in [7, 11) is 0. The molecule has 0 bridgehead atoms. The Morgan fingerprint density at radius 1 is 0.974 bits per heavy atom. The molecule has 196 valence electrons. The Morgan fingerprint density at radius 2 is 1.71 bits per heavy atom. The van der Waals surface area contributed by atoms with Crippen LogP contribution in [0, 0.1) is 6.92 Å². The van der Waals surface area contributed by atoms with Gasteiger partial charge in [0.15, 0.2) is 11.5 Å². The first-order valence-electron chi connectivity index (χ1n) is 12.6. The number of amides is 1. The van der Waals surface area contributed by atoms with Crippen molar-refractivity contribution in [3.8, 4) is 17.2 Å². The molecule has 0 radical (unpaired) electrons. The summed E-state index contributed by atoms with van der Waals surface area (Å²) in [5.74, 6) is 0.0124. The largest absolute Gasteiger partial charge is 0.507 e. The van der Waals surface area contributed by atoms with Gasteiger partial charge in [-0.05, 0) is 57.5 Å². The molecule has 7 nitrogen and oxygen atoms in total. The van der Waals surface area contributed by atoms with E-state index in [-0.39, 0.29) is 17.9 Å². The van der Waals surface area contributed by atoms with Gasteiger partial charge in [0.2, 0.25) is 0 Å². The number of nitrogens with zero attached hydrogens (tertiary/aromatic N) is 1. The number of benzene rings is 3. The summed E-state index contributed by atoms with van der Waals surface area (Å²) in [5, 5.41) is 11.5. The van der Waals surface area contributed by atoms with E-state index < -0.39 is 23.3 Å². The lowest BCUT2D eigenvalue weighted by molar-refractivity contribution is -0.140. The molecule has 0 saturated carbocycles. The van der Waals surface area contributed by atoms with Gasteiger partial charge in [0.25, 0.3) is 11.7 Å². The maximum atomic E-state index is 13.5. The molecular weight excluding hydrogens is 482 g/mol. The number of carbonyl (C=O) groups excluding carboxylic acids is 2. The standard InChI is InChI=1S/C31H31NO6/c1-19-8-7-10-20(16-19)27-26(28(33)21-12-13-24-25(17-21)37-15-14-36-24)29(34)30(35)32(27)18-22-9-5-6-11-23(22)38-31(2,3)4/h5-13,16-17,27,33H,14-15,18H2,1-4H3/b28-26-. The Hall–Kier alpha value is -4.26. The van der Waals surface area contributed by atoms with Crippen molar-refractivity contribution in [2.24, 2.45) is 0 Å². The molecule has 7 heteroatoms. The van der Waals surface area contributed by atoms with Crippen molar-refractivity contribution in [2.75, 3.05) is 13.2 Å². The summed E-state index contributed by atoms with van der Waals surface area (Å²) in [4.78, 5) is 28.5. The summed E-state index contributed by atoms with van der Waals surface area (Å²) >= 11 is 0. The summed E-state index contributed by atoms with van der Waals surface area (Å²) < 4.78 is 17.4. The number of hydrogen-bond donors (Lipinski definition) is 1. The molecule has 1 atom stereocenters. The molecule has 1 fully saturated rings. The molecule has 2 aliphatic heterocycles. The van der Waals surface area contributed by atoms with Gasteiger partial charge in [0.1, 0.15) is 30.3 Å². The summed E-state index contributed by atoms with van der Waals surface area (Å²) in [5.41, 5.74) is 2.44. The number of para-hydroxylation sites is 1. The SMILES string of the molecule is Cc1cccc(C2/C(=C(/O)c3ccc4c(c3)OCCO4)C(=O)C(=O)N2Cc2ccccc2OC(C)(C)C)c1. The van der Waals surface area contributed by atoms with E-state index in [4.69, 9.17) is 14.2 Å². The van der Waals surface area contributed by atoms with E-state index in [2.05, 4.69) is 0 Å². The smallest absolute Gasteiger partial charge is 0.295 e. The first-order valence-corrected chi connectivity index (χ1v) is 12.6. The highest BCUT2D eigenvalue weighted by atomic mass is 16.6. The zero-order valence-electron chi connectivity index (χ0n) is 22.0. The molecule has 0 spiro atoms. The van der Waals surface area contributed by atoms with E-state index in [1.54, 1.807) is 18.2 Å². The van der Waals surface area contributed by atoms with Crippen LogP contribution in [0.2, 0.25) is 0 Å². The number of aliphatic hydroxyl groups excluding tert-OH is 1. The lowest BCUT2D eigenvalue weighted by Gasteiger charge is -2.28. The first kappa shape index (κ1) is 25.4. The Morgan fingerprint density at radius 3 is 2.45 bits per heavy atom. The normalized spacial score (nSPS) is 18.5. The van der Waals surface area contributed by atoms with Crippen LogP contribution in [-0.2, 0) is 16.1 Å². The van der Waals surface area contributed by atoms with E-state index in [9.17, 15) is 14.7 Å². The number of likely N-dealkylation sites (tertiary alicyclic amines) is 1. The lowest BCUT2D eigenvalue weighted by atomic mass is 9.94. The van der Waals surface area contributed by atoms with Gasteiger partial charge in [0.05, 0.1) is 18.2 Å². The number of aryl methyl sites for hydroxylation is 1. The molecule has 0 aromatic heterocycles. The number of aliphatic hydroxyl groups is 1. The van der Waals surface area contributed by atoms with Crippen molar-refractivity contribution in [1.82, 2.24) is 4.90 Å². The van der Waals surface area contributed by atoms with Crippen LogP contribution in [0.3, 0.4) is 0 Å². The summed E-state index contributed by atoms with van der Waals surface area (Å²) in [6, 6.07) is 19.3. The molecule has 1 unspecified atom stereocenters. The van der Waals surface area contributed by atoms with Crippen LogP contribution in [0.1, 0.15) is 49.1 Å². The van der Waals surface area contributed by atoms with Gasteiger partial charge in [0, 0.05) is 11.1 Å². The molecule has 1 N–H and O–H groups in total. The fraction of sp³-hybridized carbons (Fsp3) is 0.290. The number of ketones is 1. The second-order valence-electron chi connectivity index (χ2n) is 10.5. The van der Waals surface area contributed by atoms with Crippen LogP contribution in [0.15, 0.2) is 72.3 Å². The molecule has 0 aliphatic carbocycles. The van der Waals surface area contributed by atoms with Crippen molar-refractivity contribution < 1.29 is 28.9 Å². The molecule has 3 aromatic rings. The van der Waals surface area contributed by atoms with E-state index >= 15 is 0 Å². The molecule has 3 aromatic carbocycles. The van der Waals surface area contributed by atoms with Crippen LogP contribution >= 0.6 is 0 Å². The van der Waals surface area contributed by atoms with Crippen molar-refractivity contribution >= 4 is 17.4 Å². The van der Waals surface area contributed by atoms with Crippen LogP contribution in [-0.4, -0.2) is 40.5 Å². The number of hydrogen-bond acceptors (Lipinski definition) is 6. The van der Waals surface area contributed by atoms with E-state index in [0.717, 1.165) is 16.7 Å². The number of Topliss-reactive ketones (excluding diaryl/α,β-unsaturated/α-hetero) is 1. The number of fused-ring (bicyclic) bond motifs is 1. The van der Waals surface area contributed by atoms with Crippen molar-refractivity contribution in [3.05, 3.63) is 94.6 Å². The third kappa shape index (κ3) is 4.96. The summed E-state index contributed by atoms with van der Waals surface area (Å²) in [6.45, 7) is 8.77. The zero-order chi connectivity index (χ0) is 27.0. The van der Waals surface area contributed by atoms with Crippen LogP contribution in [0.4, 0.5) is 0 Å². The van der Waals surface area contributed by atoms with Crippen LogP contribution < -0.4 is 14.2 Å². The molecule has 2 aliphatic rings. The minimum atomic E-state index is -0.786. The fourth-order valence-electron chi connectivity index (χ4n) is 4.82. The zero-order valence-corrected chi connectivity index (χ0v) is 22.0. The average molecular weight is 514 g/mol. The molecule has 38 heavy (non-hydrogen) atoms. The van der Waals surface area contributed by atoms with Crippen molar-refractivity contribution in [1.29, 1.82) is 0 Å². The van der Waals surface area contributed by atoms with Gasteiger partial charge in [-0.15, -0.1) is 0 Å². The Balaban J connectivity index is 1.62. The van der Waals surface area contributed by atoms with Gasteiger partial charge in [-0.25, -0.2) is 0 Å². The third-order valence-corrected chi connectivity index (χ3v) is 6.44. The van der Waals surface area contributed by atoms with Crippen molar-refractivity contribution in [2.45, 2.75) is 45.9 Å². The van der Waals surface area contributed by atoms with Gasteiger partial charge >= 0.3 is 0 Å². The van der Waals surface area contributed by atoms with Crippen LogP contribution in [0.5, 0.6) is 17.2 Å². The molecule has 1 amide bonds. The molecular formula is C31H31NO6. The quantitative estimate of drug-likeness (QED) is 0.273. The minimum absolute atomic E-state index is 0.0338. The minimum Gasteiger partial charge on any atom is -0.507 e. The molecule has 5 rings (SSSR count). The monoisotopic (exact) mass is 513 g/mol. The highest BCUT2D eigenvalue weighted by molar-refractivity contribution is 6.46. The van der Waals surface area contributed by atoms with E-state index in [1.807, 2.05) is 76.2 Å². The van der Waals surface area contributed by atoms with Gasteiger partial charge in [-0.3, -0.25) is 9.59 Å². The Bertz CT molecular complexity index is 1430. The predicted octanol–water partition coefficient (Wildman–Crippen LogP) is 5.57. The lowest BCUT2D eigenvalue weighted by Crippen LogP contribution is -2.30. The highest BCUT2D eigenvalue weighted by Crippen LogP contribution is 2.42. The number of ether oxygens (including phenoxy) is 3. The first-order chi connectivity index (χ1) is 18.1. The number of carbonyl (C=O) groups is 2. The topological polar surface area (TPSA) is 85.3 Å². The molecule has 1 saturated heterocycles.